The number of nitrogens with zero attached hydrogens (tertiary/aromatic N) is 1. The van der Waals surface area contributed by atoms with Crippen molar-refractivity contribution in [3.05, 3.63) is 29.8 Å². The minimum atomic E-state index is 0. The first-order chi connectivity index (χ1) is 11.3. The molecule has 0 amide bonds. The fourth-order valence-electron chi connectivity index (χ4n) is 2.13. The largest absolute Gasteiger partial charge is 0.493 e. The van der Waals surface area contributed by atoms with Crippen molar-refractivity contribution < 1.29 is 9.47 Å². The number of hydrogen-bond donors (Lipinski definition) is 2. The number of nitrogens with one attached hydrogen (secondary N) is 2. The Balaban J connectivity index is 0.00000529. The van der Waals surface area contributed by atoms with E-state index in [1.54, 1.807) is 14.2 Å². The van der Waals surface area contributed by atoms with Crippen molar-refractivity contribution >= 4 is 29.9 Å². The van der Waals surface area contributed by atoms with Crippen LogP contribution in [-0.4, -0.2) is 39.9 Å². The summed E-state index contributed by atoms with van der Waals surface area (Å²) >= 11 is 0. The summed E-state index contributed by atoms with van der Waals surface area (Å²) in [5, 5.41) is 6.66. The lowest BCUT2D eigenvalue weighted by atomic mass is 10.2. The molecular formula is C18H32IN3O2. The Kier molecular flexibility index (Phi) is 14.8. The molecule has 0 radical (unpaired) electrons. The van der Waals surface area contributed by atoms with Gasteiger partial charge < -0.3 is 20.1 Å². The number of benzene rings is 1. The van der Waals surface area contributed by atoms with Crippen LogP contribution >= 0.6 is 24.0 Å². The van der Waals surface area contributed by atoms with E-state index in [2.05, 4.69) is 34.7 Å². The highest BCUT2D eigenvalue weighted by Gasteiger charge is 2.00. The second kappa shape index (κ2) is 15.5. The molecular weight excluding hydrogens is 417 g/mol. The van der Waals surface area contributed by atoms with E-state index >= 15 is 0 Å². The average molecular weight is 449 g/mol. The number of unbranched alkanes of at least 4 members (excludes halogenated alkanes) is 2. The van der Waals surface area contributed by atoms with Gasteiger partial charge >= 0.3 is 0 Å². The van der Waals surface area contributed by atoms with Crippen LogP contribution in [0.1, 0.15) is 38.2 Å². The van der Waals surface area contributed by atoms with Crippen LogP contribution in [0.25, 0.3) is 0 Å². The highest BCUT2D eigenvalue weighted by Crippen LogP contribution is 2.13. The van der Waals surface area contributed by atoms with Crippen LogP contribution in [0.5, 0.6) is 5.75 Å². The lowest BCUT2D eigenvalue weighted by Crippen LogP contribution is -2.37. The summed E-state index contributed by atoms with van der Waals surface area (Å²) in [4.78, 5) is 4.24. The molecule has 0 saturated carbocycles. The molecule has 1 rings (SSSR count). The number of halogens is 1. The van der Waals surface area contributed by atoms with Crippen LogP contribution in [-0.2, 0) is 11.3 Å². The normalized spacial score (nSPS) is 10.9. The molecule has 0 aliphatic rings. The van der Waals surface area contributed by atoms with Gasteiger partial charge in [-0.15, -0.1) is 24.0 Å². The lowest BCUT2D eigenvalue weighted by Gasteiger charge is -2.12. The summed E-state index contributed by atoms with van der Waals surface area (Å²) in [7, 11) is 3.50. The van der Waals surface area contributed by atoms with E-state index in [9.17, 15) is 0 Å². The second-order valence-electron chi connectivity index (χ2n) is 5.40. The van der Waals surface area contributed by atoms with Crippen LogP contribution in [0.4, 0.5) is 0 Å². The predicted octanol–water partition coefficient (Wildman–Crippen LogP) is 3.58. The quantitative estimate of drug-likeness (QED) is 0.235. The zero-order chi connectivity index (χ0) is 16.8. The maximum absolute atomic E-state index is 5.72. The topological polar surface area (TPSA) is 54.9 Å². The van der Waals surface area contributed by atoms with E-state index in [1.807, 2.05) is 12.1 Å². The van der Waals surface area contributed by atoms with Crippen molar-refractivity contribution in [1.29, 1.82) is 0 Å². The summed E-state index contributed by atoms with van der Waals surface area (Å²) in [6.07, 6.45) is 4.53. The zero-order valence-electron chi connectivity index (χ0n) is 15.1. The van der Waals surface area contributed by atoms with Gasteiger partial charge in [0.25, 0.3) is 0 Å². The standard InChI is InChI=1S/C18H31N3O2.HI/c1-4-5-6-11-20-18(19-2)21-15-16-9-7-10-17(14-16)23-13-8-12-22-3;/h7,9-10,14H,4-6,8,11-13,15H2,1-3H3,(H2,19,20,21);1H. The third-order valence-electron chi connectivity index (χ3n) is 3.42. The smallest absolute Gasteiger partial charge is 0.191 e. The molecule has 1 aromatic carbocycles. The van der Waals surface area contributed by atoms with Gasteiger partial charge in [0, 0.05) is 40.3 Å². The Morgan fingerprint density at radius 2 is 1.96 bits per heavy atom. The van der Waals surface area contributed by atoms with Gasteiger partial charge in [-0.05, 0) is 24.1 Å². The molecule has 0 bridgehead atoms. The third-order valence-corrected chi connectivity index (χ3v) is 3.42. The van der Waals surface area contributed by atoms with Crippen molar-refractivity contribution in [3.8, 4) is 5.75 Å². The maximum atomic E-state index is 5.72. The summed E-state index contributed by atoms with van der Waals surface area (Å²) in [5.74, 6) is 1.74. The molecule has 1 aromatic rings. The number of hydrogen-bond acceptors (Lipinski definition) is 3. The first kappa shape index (κ1) is 23.0. The van der Waals surface area contributed by atoms with Crippen LogP contribution in [0.15, 0.2) is 29.3 Å². The van der Waals surface area contributed by atoms with E-state index in [1.165, 1.54) is 24.8 Å². The molecule has 0 spiro atoms. The molecule has 0 atom stereocenters. The van der Waals surface area contributed by atoms with E-state index in [0.717, 1.165) is 37.8 Å². The molecule has 0 unspecified atom stereocenters. The Labute approximate surface area is 163 Å². The monoisotopic (exact) mass is 449 g/mol. The second-order valence-corrected chi connectivity index (χ2v) is 5.40. The molecule has 0 fully saturated rings. The van der Waals surface area contributed by atoms with Crippen LogP contribution < -0.4 is 15.4 Å². The molecule has 0 heterocycles. The van der Waals surface area contributed by atoms with Crippen molar-refractivity contribution in [2.45, 2.75) is 39.2 Å². The van der Waals surface area contributed by atoms with Crippen molar-refractivity contribution in [2.24, 2.45) is 4.99 Å². The Morgan fingerprint density at radius 3 is 2.67 bits per heavy atom. The summed E-state index contributed by atoms with van der Waals surface area (Å²) in [6.45, 7) is 5.28. The first-order valence-electron chi connectivity index (χ1n) is 8.45. The van der Waals surface area contributed by atoms with Gasteiger partial charge in [0.1, 0.15) is 5.75 Å². The molecule has 6 heteroatoms. The molecule has 0 aliphatic heterocycles. The van der Waals surface area contributed by atoms with Crippen LogP contribution in [0, 0.1) is 0 Å². The Bertz CT molecular complexity index is 456. The summed E-state index contributed by atoms with van der Waals surface area (Å²) in [5.41, 5.74) is 1.17. The highest BCUT2D eigenvalue weighted by atomic mass is 127. The first-order valence-corrected chi connectivity index (χ1v) is 8.45. The number of rotatable bonds is 11. The Hall–Kier alpha value is -1.02. The molecule has 2 N–H and O–H groups in total. The van der Waals surface area contributed by atoms with E-state index in [4.69, 9.17) is 9.47 Å². The van der Waals surface area contributed by atoms with Gasteiger partial charge in [-0.25, -0.2) is 0 Å². The van der Waals surface area contributed by atoms with Gasteiger partial charge in [-0.1, -0.05) is 31.9 Å². The number of methoxy groups -OCH3 is 1. The Morgan fingerprint density at radius 1 is 1.12 bits per heavy atom. The molecule has 0 aliphatic carbocycles. The fourth-order valence-corrected chi connectivity index (χ4v) is 2.13. The van der Waals surface area contributed by atoms with Gasteiger partial charge in [0.15, 0.2) is 5.96 Å². The van der Waals surface area contributed by atoms with Crippen molar-refractivity contribution in [2.75, 3.05) is 33.9 Å². The number of guanidine groups is 1. The van der Waals surface area contributed by atoms with Crippen LogP contribution in [0.2, 0.25) is 0 Å². The zero-order valence-corrected chi connectivity index (χ0v) is 17.5. The van der Waals surface area contributed by atoms with Gasteiger partial charge in [-0.2, -0.15) is 0 Å². The van der Waals surface area contributed by atoms with Gasteiger partial charge in [0.05, 0.1) is 6.61 Å². The van der Waals surface area contributed by atoms with Gasteiger partial charge in [0.2, 0.25) is 0 Å². The maximum Gasteiger partial charge on any atom is 0.191 e. The SMILES string of the molecule is CCCCCNC(=NC)NCc1cccc(OCCCOC)c1.I. The minimum absolute atomic E-state index is 0. The lowest BCUT2D eigenvalue weighted by molar-refractivity contribution is 0.172. The van der Waals surface area contributed by atoms with E-state index in [0.29, 0.717) is 6.61 Å². The van der Waals surface area contributed by atoms with E-state index < -0.39 is 0 Å². The molecule has 24 heavy (non-hydrogen) atoms. The number of ether oxygens (including phenoxy) is 2. The average Bonchev–Trinajstić information content (AvgIpc) is 2.58. The number of aliphatic imine (C=N–C) groups is 1. The highest BCUT2D eigenvalue weighted by molar-refractivity contribution is 14.0. The molecule has 0 saturated heterocycles. The predicted molar refractivity (Wildman–Crippen MR) is 112 cm³/mol. The minimum Gasteiger partial charge on any atom is -0.493 e. The van der Waals surface area contributed by atoms with E-state index in [-0.39, 0.29) is 24.0 Å². The van der Waals surface area contributed by atoms with Crippen molar-refractivity contribution in [1.82, 2.24) is 10.6 Å². The van der Waals surface area contributed by atoms with Crippen LogP contribution in [0.3, 0.4) is 0 Å². The third kappa shape index (κ3) is 10.7. The van der Waals surface area contributed by atoms with Gasteiger partial charge in [-0.3, -0.25) is 4.99 Å². The van der Waals surface area contributed by atoms with Crippen molar-refractivity contribution in [3.63, 3.8) is 0 Å². The molecule has 0 aromatic heterocycles. The summed E-state index contributed by atoms with van der Waals surface area (Å²) in [6, 6.07) is 8.14. The summed E-state index contributed by atoms with van der Waals surface area (Å²) < 4.78 is 10.7. The molecule has 5 nitrogen and oxygen atoms in total. The molecule has 138 valence electrons. The fraction of sp³-hybridized carbons (Fsp3) is 0.611.